The van der Waals surface area contributed by atoms with E-state index in [1.165, 1.54) is 0 Å². The molecule has 1 heterocycles. The number of carbonyl (C=O) groups is 1. The van der Waals surface area contributed by atoms with Gasteiger partial charge in [0.2, 0.25) is 5.91 Å². The van der Waals surface area contributed by atoms with Gasteiger partial charge in [0.25, 0.3) is 5.09 Å². The van der Waals surface area contributed by atoms with Crippen LogP contribution in [0.4, 0.5) is 0 Å². The molecule has 0 aliphatic carbocycles. The van der Waals surface area contributed by atoms with Crippen LogP contribution in [0, 0.1) is 10.1 Å². The molecule has 0 aliphatic rings. The Hall–Kier alpha value is -5.48. The van der Waals surface area contributed by atoms with Crippen molar-refractivity contribution >= 4 is 5.91 Å². The second kappa shape index (κ2) is 14.8. The predicted molar refractivity (Wildman–Crippen MR) is 170 cm³/mol. The summed E-state index contributed by atoms with van der Waals surface area (Å²) in [5, 5.41) is 12.3. The number of amides is 1. The number of ether oxygens (including phenoxy) is 1. The minimum absolute atomic E-state index is 0.0223. The molecule has 0 aliphatic heterocycles. The highest BCUT2D eigenvalue weighted by Gasteiger charge is 2.38. The number of hydrogen-bond donors (Lipinski definition) is 2. The van der Waals surface area contributed by atoms with Crippen LogP contribution in [0.5, 0.6) is 5.75 Å². The molecular formula is C35H35N5O5. The Balaban J connectivity index is 1.26. The van der Waals surface area contributed by atoms with Gasteiger partial charge in [-0.1, -0.05) is 103 Å². The molecule has 230 valence electrons. The van der Waals surface area contributed by atoms with Crippen molar-refractivity contribution in [2.24, 2.45) is 5.73 Å². The Labute approximate surface area is 261 Å². The molecular weight excluding hydrogens is 570 g/mol. The third-order valence-electron chi connectivity index (χ3n) is 7.51. The molecule has 3 N–H and O–H groups in total. The van der Waals surface area contributed by atoms with Crippen LogP contribution in [0.1, 0.15) is 34.4 Å². The molecule has 1 aromatic heterocycles. The highest BCUT2D eigenvalue weighted by molar-refractivity contribution is 5.81. The van der Waals surface area contributed by atoms with E-state index in [2.05, 4.69) is 51.1 Å². The number of nitrogens with zero attached hydrogens (tertiary/aromatic N) is 3. The van der Waals surface area contributed by atoms with E-state index in [4.69, 9.17) is 15.5 Å². The summed E-state index contributed by atoms with van der Waals surface area (Å²) in [5.41, 5.74) is 10.5. The van der Waals surface area contributed by atoms with Gasteiger partial charge < -0.3 is 25.2 Å². The fourth-order valence-electron chi connectivity index (χ4n) is 5.37. The van der Waals surface area contributed by atoms with E-state index in [9.17, 15) is 14.9 Å². The first kappa shape index (κ1) is 31.0. The largest absolute Gasteiger partial charge is 0.494 e. The predicted octanol–water partition coefficient (Wildman–Crippen LogP) is 4.89. The van der Waals surface area contributed by atoms with E-state index in [1.54, 1.807) is 12.1 Å². The zero-order valence-electron chi connectivity index (χ0n) is 24.7. The van der Waals surface area contributed by atoms with Crippen LogP contribution in [0.2, 0.25) is 0 Å². The number of benzene rings is 4. The maximum absolute atomic E-state index is 13.0. The van der Waals surface area contributed by atoms with Gasteiger partial charge in [0, 0.05) is 25.6 Å². The molecule has 1 amide bonds. The van der Waals surface area contributed by atoms with Crippen molar-refractivity contribution in [3.05, 3.63) is 166 Å². The fraction of sp³-hybridized carbons (Fsp3) is 0.200. The molecule has 0 saturated heterocycles. The minimum atomic E-state index is -0.823. The number of rotatable bonds is 15. The molecule has 0 fully saturated rings. The van der Waals surface area contributed by atoms with E-state index in [0.717, 1.165) is 22.3 Å². The van der Waals surface area contributed by atoms with Gasteiger partial charge in [-0.05, 0) is 34.4 Å². The molecule has 10 nitrogen and oxygen atoms in total. The standard InChI is InChI=1S/C35H35N5O5/c36-33(34(41)37-24-27-17-19-32(20-18-27)44-21-10-22-45-40(42)43)23-31-25-39(26-38-31)35(28-11-4-1-5-12-28,29-13-6-2-7-14-29)30-15-8-3-9-16-30/h1-9,11-20,25-26,33H,10,21-24,36H2,(H,37,41)/t33-/m0/s1. The molecule has 4 aromatic carbocycles. The molecule has 0 unspecified atom stereocenters. The molecule has 1 atom stereocenters. The van der Waals surface area contributed by atoms with Crippen LogP contribution in [-0.2, 0) is 28.1 Å². The molecule has 5 rings (SSSR count). The zero-order chi connectivity index (χ0) is 31.5. The van der Waals surface area contributed by atoms with E-state index in [1.807, 2.05) is 79.3 Å². The van der Waals surface area contributed by atoms with Gasteiger partial charge in [-0.2, -0.15) is 0 Å². The van der Waals surface area contributed by atoms with Crippen LogP contribution in [0.3, 0.4) is 0 Å². The first-order valence-electron chi connectivity index (χ1n) is 14.7. The summed E-state index contributed by atoms with van der Waals surface area (Å²) >= 11 is 0. The van der Waals surface area contributed by atoms with Gasteiger partial charge in [0.15, 0.2) is 0 Å². The maximum Gasteiger partial charge on any atom is 0.294 e. The first-order valence-corrected chi connectivity index (χ1v) is 14.7. The molecule has 45 heavy (non-hydrogen) atoms. The van der Waals surface area contributed by atoms with Crippen molar-refractivity contribution < 1.29 is 19.5 Å². The smallest absolute Gasteiger partial charge is 0.294 e. The Morgan fingerprint density at radius 1 is 0.867 bits per heavy atom. The zero-order valence-corrected chi connectivity index (χ0v) is 24.7. The molecule has 0 radical (unpaired) electrons. The van der Waals surface area contributed by atoms with Crippen LogP contribution in [-0.4, -0.2) is 39.8 Å². The normalized spacial score (nSPS) is 11.8. The van der Waals surface area contributed by atoms with Crippen molar-refractivity contribution in [3.63, 3.8) is 0 Å². The Kier molecular flexibility index (Phi) is 10.2. The van der Waals surface area contributed by atoms with Crippen LogP contribution in [0.25, 0.3) is 0 Å². The summed E-state index contributed by atoms with van der Waals surface area (Å²) in [6, 6.07) is 37.4. The van der Waals surface area contributed by atoms with Gasteiger partial charge in [0.05, 0.1) is 31.3 Å². The Morgan fingerprint density at radius 3 is 1.96 bits per heavy atom. The summed E-state index contributed by atoms with van der Waals surface area (Å²) in [5.74, 6) is 0.340. The lowest BCUT2D eigenvalue weighted by Gasteiger charge is -2.37. The van der Waals surface area contributed by atoms with Crippen LogP contribution < -0.4 is 15.8 Å². The van der Waals surface area contributed by atoms with E-state index in [-0.39, 0.29) is 25.5 Å². The number of nitrogens with two attached hydrogens (primary N) is 1. The van der Waals surface area contributed by atoms with Crippen LogP contribution >= 0.6 is 0 Å². The number of nitrogens with one attached hydrogen (secondary N) is 1. The minimum Gasteiger partial charge on any atom is -0.494 e. The summed E-state index contributed by atoms with van der Waals surface area (Å²) < 4.78 is 7.67. The third-order valence-corrected chi connectivity index (χ3v) is 7.51. The number of imidazole rings is 1. The second-order valence-electron chi connectivity index (χ2n) is 10.5. The fourth-order valence-corrected chi connectivity index (χ4v) is 5.37. The van der Waals surface area contributed by atoms with E-state index >= 15 is 0 Å². The summed E-state index contributed by atoms with van der Waals surface area (Å²) in [6.07, 6.45) is 4.44. The summed E-state index contributed by atoms with van der Waals surface area (Å²) in [4.78, 5) is 32.1. The van der Waals surface area contributed by atoms with Crippen molar-refractivity contribution in [1.82, 2.24) is 14.9 Å². The lowest BCUT2D eigenvalue weighted by atomic mass is 9.77. The van der Waals surface area contributed by atoms with Gasteiger partial charge >= 0.3 is 0 Å². The topological polar surface area (TPSA) is 135 Å². The molecule has 0 bridgehead atoms. The van der Waals surface area contributed by atoms with Crippen molar-refractivity contribution in [3.8, 4) is 5.75 Å². The average Bonchev–Trinajstić information content (AvgIpc) is 3.54. The Bertz CT molecular complexity index is 1560. The lowest BCUT2D eigenvalue weighted by molar-refractivity contribution is -0.757. The van der Waals surface area contributed by atoms with Crippen LogP contribution in [0.15, 0.2) is 128 Å². The maximum atomic E-state index is 13.0. The SMILES string of the molecule is N[C@@H](Cc1cn(C(c2ccccc2)(c2ccccc2)c2ccccc2)cn1)C(=O)NCc1ccc(OCCCO[N+](=O)[O-])cc1. The number of aromatic nitrogens is 2. The Morgan fingerprint density at radius 2 is 1.42 bits per heavy atom. The lowest BCUT2D eigenvalue weighted by Crippen LogP contribution is -2.41. The second-order valence-corrected chi connectivity index (χ2v) is 10.5. The van der Waals surface area contributed by atoms with Gasteiger partial charge in [-0.3, -0.25) is 4.79 Å². The van der Waals surface area contributed by atoms with E-state index < -0.39 is 16.7 Å². The summed E-state index contributed by atoms with van der Waals surface area (Å²) in [6.45, 7) is 0.570. The molecule has 5 aromatic rings. The van der Waals surface area contributed by atoms with Crippen molar-refractivity contribution in [2.75, 3.05) is 13.2 Å². The third kappa shape index (κ3) is 7.54. The quantitative estimate of drug-likeness (QED) is 0.0751. The van der Waals surface area contributed by atoms with Crippen molar-refractivity contribution in [2.45, 2.75) is 31.0 Å². The molecule has 0 spiro atoms. The average molecular weight is 606 g/mol. The number of carbonyl (C=O) groups excluding carboxylic acids is 1. The molecule has 0 saturated carbocycles. The van der Waals surface area contributed by atoms with Gasteiger partial charge in [-0.25, -0.2) is 4.98 Å². The highest BCUT2D eigenvalue weighted by atomic mass is 16.9. The van der Waals surface area contributed by atoms with Gasteiger partial charge in [-0.15, -0.1) is 10.1 Å². The van der Waals surface area contributed by atoms with Gasteiger partial charge in [0.1, 0.15) is 11.3 Å². The highest BCUT2D eigenvalue weighted by Crippen LogP contribution is 2.40. The first-order chi connectivity index (χ1) is 22.0. The van der Waals surface area contributed by atoms with Crippen molar-refractivity contribution in [1.29, 1.82) is 0 Å². The number of hydrogen-bond acceptors (Lipinski definition) is 7. The monoisotopic (exact) mass is 605 g/mol. The summed E-state index contributed by atoms with van der Waals surface area (Å²) in [7, 11) is 0. The molecule has 10 heteroatoms. The van der Waals surface area contributed by atoms with E-state index in [0.29, 0.717) is 24.4 Å².